The Balaban J connectivity index is 2.82. The molecule has 1 atom stereocenters. The highest BCUT2D eigenvalue weighted by Gasteiger charge is 2.09. The maximum Gasteiger partial charge on any atom is 0.253 e. The van der Waals surface area contributed by atoms with Crippen LogP contribution in [0.25, 0.3) is 0 Å². The number of carbonyl (C=O) groups is 1. The molecule has 0 spiro atoms. The third-order valence-electron chi connectivity index (χ3n) is 2.57. The van der Waals surface area contributed by atoms with Crippen molar-refractivity contribution in [1.82, 2.24) is 9.88 Å². The maximum absolute atomic E-state index is 11.8. The largest absolute Gasteiger partial charge is 0.352 e. The molecule has 1 amide bonds. The van der Waals surface area contributed by atoms with E-state index in [0.29, 0.717) is 5.56 Å². The molecule has 5 heteroatoms. The van der Waals surface area contributed by atoms with Crippen molar-refractivity contribution >= 4 is 21.8 Å². The van der Waals surface area contributed by atoms with Crippen LogP contribution >= 0.6 is 15.9 Å². The average molecular weight is 301 g/mol. The van der Waals surface area contributed by atoms with Gasteiger partial charge in [-0.05, 0) is 42.3 Å². The highest BCUT2D eigenvalue weighted by atomic mass is 79.9. The number of halogens is 1. The first-order valence-electron chi connectivity index (χ1n) is 5.60. The SMILES string of the molecule is CCC(C)NC(=O)Cn1cc(Br)cc(C)c1=O. The molecular weight excluding hydrogens is 284 g/mol. The van der Waals surface area contributed by atoms with E-state index in [4.69, 9.17) is 0 Å². The summed E-state index contributed by atoms with van der Waals surface area (Å²) in [4.78, 5) is 23.4. The lowest BCUT2D eigenvalue weighted by atomic mass is 10.2. The van der Waals surface area contributed by atoms with Gasteiger partial charge in [0.2, 0.25) is 5.91 Å². The minimum Gasteiger partial charge on any atom is -0.352 e. The number of nitrogens with one attached hydrogen (secondary N) is 1. The van der Waals surface area contributed by atoms with Crippen LogP contribution in [0.4, 0.5) is 0 Å². The second-order valence-corrected chi connectivity index (χ2v) is 5.07. The van der Waals surface area contributed by atoms with Crippen LogP contribution < -0.4 is 10.9 Å². The lowest BCUT2D eigenvalue weighted by molar-refractivity contribution is -0.122. The second kappa shape index (κ2) is 6.00. The molecule has 1 heterocycles. The predicted octanol–water partition coefficient (Wildman–Crippen LogP) is 1.83. The number of pyridine rings is 1. The van der Waals surface area contributed by atoms with Gasteiger partial charge in [-0.3, -0.25) is 9.59 Å². The number of rotatable bonds is 4. The van der Waals surface area contributed by atoms with E-state index < -0.39 is 0 Å². The van der Waals surface area contributed by atoms with Crippen molar-refractivity contribution in [2.24, 2.45) is 0 Å². The molecule has 0 aliphatic rings. The first-order chi connectivity index (χ1) is 7.93. The number of hydrogen-bond acceptors (Lipinski definition) is 2. The summed E-state index contributed by atoms with van der Waals surface area (Å²) in [5.41, 5.74) is 0.489. The van der Waals surface area contributed by atoms with Gasteiger partial charge in [0.05, 0.1) is 0 Å². The smallest absolute Gasteiger partial charge is 0.253 e. The first kappa shape index (κ1) is 14.0. The zero-order chi connectivity index (χ0) is 13.0. The summed E-state index contributed by atoms with van der Waals surface area (Å²) >= 11 is 3.31. The molecule has 0 aromatic carbocycles. The quantitative estimate of drug-likeness (QED) is 0.922. The van der Waals surface area contributed by atoms with E-state index in [1.807, 2.05) is 13.8 Å². The molecule has 0 aliphatic carbocycles. The molecule has 4 nitrogen and oxygen atoms in total. The molecule has 0 bridgehead atoms. The molecule has 0 radical (unpaired) electrons. The van der Waals surface area contributed by atoms with Gasteiger partial charge < -0.3 is 9.88 Å². The van der Waals surface area contributed by atoms with Crippen molar-refractivity contribution in [2.45, 2.75) is 39.8 Å². The number of nitrogens with zero attached hydrogens (tertiary/aromatic N) is 1. The van der Waals surface area contributed by atoms with E-state index in [9.17, 15) is 9.59 Å². The Bertz CT molecular complexity index is 468. The Morgan fingerprint density at radius 1 is 1.59 bits per heavy atom. The van der Waals surface area contributed by atoms with Gasteiger partial charge in [0.1, 0.15) is 6.54 Å². The highest BCUT2D eigenvalue weighted by Crippen LogP contribution is 2.07. The van der Waals surface area contributed by atoms with Crippen molar-refractivity contribution in [1.29, 1.82) is 0 Å². The Morgan fingerprint density at radius 3 is 2.82 bits per heavy atom. The summed E-state index contributed by atoms with van der Waals surface area (Å²) in [5.74, 6) is -0.140. The highest BCUT2D eigenvalue weighted by molar-refractivity contribution is 9.10. The summed E-state index contributed by atoms with van der Waals surface area (Å²) in [6, 6.07) is 1.87. The van der Waals surface area contributed by atoms with Crippen LogP contribution in [0.2, 0.25) is 0 Å². The summed E-state index contributed by atoms with van der Waals surface area (Å²) in [6.07, 6.45) is 2.50. The minimum absolute atomic E-state index is 0.0590. The monoisotopic (exact) mass is 300 g/mol. The van der Waals surface area contributed by atoms with E-state index in [2.05, 4.69) is 21.2 Å². The number of aromatic nitrogens is 1. The molecule has 0 aliphatic heterocycles. The lowest BCUT2D eigenvalue weighted by Crippen LogP contribution is -2.37. The van der Waals surface area contributed by atoms with Crippen molar-refractivity contribution in [3.05, 3.63) is 32.7 Å². The van der Waals surface area contributed by atoms with Crippen molar-refractivity contribution in [2.75, 3.05) is 0 Å². The molecule has 1 rings (SSSR count). The van der Waals surface area contributed by atoms with Crippen LogP contribution in [0.1, 0.15) is 25.8 Å². The molecule has 1 unspecified atom stereocenters. The summed E-state index contributed by atoms with van der Waals surface area (Å²) in [7, 11) is 0. The first-order valence-corrected chi connectivity index (χ1v) is 6.39. The Labute approximate surface area is 109 Å². The second-order valence-electron chi connectivity index (χ2n) is 4.15. The van der Waals surface area contributed by atoms with Crippen LogP contribution in [0.15, 0.2) is 21.5 Å². The molecular formula is C12H17BrN2O2. The summed E-state index contributed by atoms with van der Waals surface area (Å²) in [6.45, 7) is 5.73. The third-order valence-corrected chi connectivity index (χ3v) is 3.00. The van der Waals surface area contributed by atoms with Crippen LogP contribution in [0.5, 0.6) is 0 Å². The van der Waals surface area contributed by atoms with Crippen molar-refractivity contribution < 1.29 is 4.79 Å². The van der Waals surface area contributed by atoms with Crippen molar-refractivity contribution in [3.63, 3.8) is 0 Å². The van der Waals surface area contributed by atoms with Gasteiger partial charge in [0.15, 0.2) is 0 Å². The van der Waals surface area contributed by atoms with E-state index in [0.717, 1.165) is 10.9 Å². The molecule has 0 saturated carbocycles. The van der Waals surface area contributed by atoms with Crippen LogP contribution in [0, 0.1) is 6.92 Å². The standard InChI is InChI=1S/C12H17BrN2O2/c1-4-9(3)14-11(16)7-15-6-10(13)5-8(2)12(15)17/h5-6,9H,4,7H2,1-3H3,(H,14,16). The Hall–Kier alpha value is -1.10. The molecule has 1 N–H and O–H groups in total. The van der Waals surface area contributed by atoms with Gasteiger partial charge in [-0.1, -0.05) is 6.92 Å². The van der Waals surface area contributed by atoms with E-state index in [1.54, 1.807) is 19.2 Å². The molecule has 0 fully saturated rings. The molecule has 1 aromatic rings. The molecule has 17 heavy (non-hydrogen) atoms. The van der Waals surface area contributed by atoms with E-state index in [-0.39, 0.29) is 24.1 Å². The maximum atomic E-state index is 11.8. The fourth-order valence-corrected chi connectivity index (χ4v) is 2.03. The lowest BCUT2D eigenvalue weighted by Gasteiger charge is -2.12. The summed E-state index contributed by atoms with van der Waals surface area (Å²) in [5, 5.41) is 2.83. The fraction of sp³-hybridized carbons (Fsp3) is 0.500. The summed E-state index contributed by atoms with van der Waals surface area (Å²) < 4.78 is 2.21. The Morgan fingerprint density at radius 2 is 2.24 bits per heavy atom. The van der Waals surface area contributed by atoms with E-state index >= 15 is 0 Å². The van der Waals surface area contributed by atoms with Crippen LogP contribution in [-0.2, 0) is 11.3 Å². The van der Waals surface area contributed by atoms with E-state index in [1.165, 1.54) is 4.57 Å². The normalized spacial score (nSPS) is 12.2. The molecule has 1 aromatic heterocycles. The van der Waals surface area contributed by atoms with Gasteiger partial charge in [0, 0.05) is 22.3 Å². The topological polar surface area (TPSA) is 51.1 Å². The van der Waals surface area contributed by atoms with Gasteiger partial charge in [0.25, 0.3) is 5.56 Å². The van der Waals surface area contributed by atoms with Crippen LogP contribution in [0.3, 0.4) is 0 Å². The van der Waals surface area contributed by atoms with Crippen LogP contribution in [-0.4, -0.2) is 16.5 Å². The zero-order valence-corrected chi connectivity index (χ0v) is 11.9. The van der Waals surface area contributed by atoms with Gasteiger partial charge in [-0.2, -0.15) is 0 Å². The third kappa shape index (κ3) is 4.00. The zero-order valence-electron chi connectivity index (χ0n) is 10.3. The van der Waals surface area contributed by atoms with Crippen molar-refractivity contribution in [3.8, 4) is 0 Å². The van der Waals surface area contributed by atoms with Gasteiger partial charge in [-0.25, -0.2) is 0 Å². The number of aryl methyl sites for hydroxylation is 1. The minimum atomic E-state index is -0.140. The number of carbonyl (C=O) groups excluding carboxylic acids is 1. The fourth-order valence-electron chi connectivity index (χ4n) is 1.43. The Kier molecular flexibility index (Phi) is 4.93. The van der Waals surface area contributed by atoms with Gasteiger partial charge in [-0.15, -0.1) is 0 Å². The average Bonchev–Trinajstić information content (AvgIpc) is 2.24. The van der Waals surface area contributed by atoms with Gasteiger partial charge >= 0.3 is 0 Å². The number of hydrogen-bond donors (Lipinski definition) is 1. The molecule has 94 valence electrons. The predicted molar refractivity (Wildman–Crippen MR) is 71.0 cm³/mol. The number of amides is 1. The molecule has 0 saturated heterocycles.